The number of nitrogens with zero attached hydrogens (tertiary/aromatic N) is 2. The zero-order chi connectivity index (χ0) is 15.1. The number of aromatic nitrogens is 1. The summed E-state index contributed by atoms with van der Waals surface area (Å²) >= 11 is 11.6. The van der Waals surface area contributed by atoms with Crippen molar-refractivity contribution in [2.45, 2.75) is 32.0 Å². The number of likely N-dealkylation sites (tertiary alicyclic amines) is 1. The number of amides is 1. The van der Waals surface area contributed by atoms with E-state index in [0.29, 0.717) is 5.56 Å². The van der Waals surface area contributed by atoms with Crippen molar-refractivity contribution in [2.24, 2.45) is 0 Å². The molecule has 5 nitrogen and oxygen atoms in total. The van der Waals surface area contributed by atoms with Crippen molar-refractivity contribution in [3.63, 3.8) is 0 Å². The molecule has 0 radical (unpaired) electrons. The van der Waals surface area contributed by atoms with Crippen molar-refractivity contribution in [2.75, 3.05) is 13.1 Å². The van der Waals surface area contributed by atoms with Crippen LogP contribution in [-0.2, 0) is 10.3 Å². The van der Waals surface area contributed by atoms with E-state index in [2.05, 4.69) is 4.98 Å². The fraction of sp³-hybridized carbons (Fsp3) is 0.538. The van der Waals surface area contributed by atoms with Gasteiger partial charge in [-0.3, -0.25) is 0 Å². The Morgan fingerprint density at radius 3 is 2.30 bits per heavy atom. The largest absolute Gasteiger partial charge is 0.444 e. The third-order valence-electron chi connectivity index (χ3n) is 2.86. The molecule has 0 saturated carbocycles. The van der Waals surface area contributed by atoms with Crippen LogP contribution in [0.4, 0.5) is 4.79 Å². The standard InChI is InChI=1S/C13H16Cl2N2O3/c1-12(2,3)20-11(18)17-6-13(19,7-17)8-4-9(14)16-10(15)5-8/h4-5,19H,6-7H2,1-3H3. The van der Waals surface area contributed by atoms with Gasteiger partial charge in [0, 0.05) is 0 Å². The smallest absolute Gasteiger partial charge is 0.410 e. The molecule has 1 amide bonds. The summed E-state index contributed by atoms with van der Waals surface area (Å²) in [5, 5.41) is 10.9. The van der Waals surface area contributed by atoms with Crippen molar-refractivity contribution in [1.82, 2.24) is 9.88 Å². The fourth-order valence-electron chi connectivity index (χ4n) is 1.96. The van der Waals surface area contributed by atoms with Crippen molar-refractivity contribution in [3.05, 3.63) is 28.0 Å². The summed E-state index contributed by atoms with van der Waals surface area (Å²) in [5.41, 5.74) is -1.18. The Labute approximate surface area is 127 Å². The summed E-state index contributed by atoms with van der Waals surface area (Å²) in [6.45, 7) is 5.65. The van der Waals surface area contributed by atoms with Gasteiger partial charge in [0.25, 0.3) is 0 Å². The van der Waals surface area contributed by atoms with Crippen molar-refractivity contribution in [1.29, 1.82) is 0 Å². The summed E-state index contributed by atoms with van der Waals surface area (Å²) in [7, 11) is 0. The molecule has 1 N–H and O–H groups in total. The lowest BCUT2D eigenvalue weighted by Crippen LogP contribution is -2.61. The number of ether oxygens (including phenoxy) is 1. The normalized spacial score (nSPS) is 17.6. The highest BCUT2D eigenvalue weighted by molar-refractivity contribution is 6.32. The van der Waals surface area contributed by atoms with Crippen molar-refractivity contribution < 1.29 is 14.6 Å². The van der Waals surface area contributed by atoms with E-state index >= 15 is 0 Å². The number of halogens is 2. The van der Waals surface area contributed by atoms with Crippen LogP contribution in [0.15, 0.2) is 12.1 Å². The monoisotopic (exact) mass is 318 g/mol. The molecule has 2 heterocycles. The van der Waals surface area contributed by atoms with E-state index in [1.54, 1.807) is 32.9 Å². The molecule has 1 aliphatic rings. The molecule has 0 atom stereocenters. The van der Waals surface area contributed by atoms with Gasteiger partial charge in [0.1, 0.15) is 21.5 Å². The Morgan fingerprint density at radius 2 is 1.85 bits per heavy atom. The number of β-amino-alcohol motifs (C(OH)–C–C–N with tert-alkyl or cyclic N) is 1. The van der Waals surface area contributed by atoms with Crippen LogP contribution in [-0.4, -0.2) is 39.8 Å². The number of aliphatic hydroxyl groups is 1. The lowest BCUT2D eigenvalue weighted by Gasteiger charge is -2.46. The number of rotatable bonds is 1. The first-order valence-corrected chi connectivity index (χ1v) is 6.88. The second-order valence-corrected chi connectivity index (χ2v) is 6.64. The SMILES string of the molecule is CC(C)(C)OC(=O)N1CC(O)(c2cc(Cl)nc(Cl)c2)C1. The average molecular weight is 319 g/mol. The van der Waals surface area contributed by atoms with Gasteiger partial charge in [-0.15, -0.1) is 0 Å². The number of pyridine rings is 1. The van der Waals surface area contributed by atoms with Crippen LogP contribution in [0.1, 0.15) is 26.3 Å². The molecule has 1 aromatic heterocycles. The van der Waals surface area contributed by atoms with Crippen molar-refractivity contribution in [3.8, 4) is 0 Å². The van der Waals surface area contributed by atoms with Gasteiger partial charge in [0.05, 0.1) is 13.1 Å². The molecular formula is C13H16Cl2N2O3. The molecule has 7 heteroatoms. The van der Waals surface area contributed by atoms with Gasteiger partial charge < -0.3 is 14.7 Å². The summed E-state index contributed by atoms with van der Waals surface area (Å²) in [6.07, 6.45) is -0.451. The van der Waals surface area contributed by atoms with E-state index < -0.39 is 17.3 Å². The Morgan fingerprint density at radius 1 is 1.35 bits per heavy atom. The lowest BCUT2D eigenvalue weighted by molar-refractivity contribution is -0.103. The van der Waals surface area contributed by atoms with Gasteiger partial charge in [0.2, 0.25) is 0 Å². The average Bonchev–Trinajstić information content (AvgIpc) is 2.20. The maximum atomic E-state index is 11.8. The minimum atomic E-state index is -1.16. The third-order valence-corrected chi connectivity index (χ3v) is 3.24. The van der Waals surface area contributed by atoms with E-state index in [1.165, 1.54) is 4.90 Å². The quantitative estimate of drug-likeness (QED) is 0.809. The van der Waals surface area contributed by atoms with E-state index in [-0.39, 0.29) is 23.4 Å². The summed E-state index contributed by atoms with van der Waals surface area (Å²) in [5.74, 6) is 0. The molecule has 0 bridgehead atoms. The maximum absolute atomic E-state index is 11.8. The Bertz CT molecular complexity index is 517. The summed E-state index contributed by atoms with van der Waals surface area (Å²) in [6, 6.07) is 3.08. The molecule has 0 unspecified atom stereocenters. The molecule has 20 heavy (non-hydrogen) atoms. The van der Waals surface area contributed by atoms with E-state index in [4.69, 9.17) is 27.9 Å². The van der Waals surface area contributed by atoms with Crippen LogP contribution in [0.3, 0.4) is 0 Å². The predicted octanol–water partition coefficient (Wildman–Crippen LogP) is 2.83. The third kappa shape index (κ3) is 3.34. The highest BCUT2D eigenvalue weighted by Gasteiger charge is 2.46. The molecule has 0 aromatic carbocycles. The second-order valence-electron chi connectivity index (χ2n) is 5.87. The Kier molecular flexibility index (Phi) is 3.88. The number of carbonyl (C=O) groups excluding carboxylic acids is 1. The zero-order valence-electron chi connectivity index (χ0n) is 11.5. The Hall–Kier alpha value is -1.04. The van der Waals surface area contributed by atoms with E-state index in [1.807, 2.05) is 0 Å². The number of hydrogen-bond donors (Lipinski definition) is 1. The van der Waals surface area contributed by atoms with E-state index in [9.17, 15) is 9.90 Å². The minimum absolute atomic E-state index is 0.137. The van der Waals surface area contributed by atoms with Gasteiger partial charge >= 0.3 is 6.09 Å². The fourth-order valence-corrected chi connectivity index (χ4v) is 2.42. The molecule has 0 spiro atoms. The van der Waals surface area contributed by atoms with Gasteiger partial charge in [-0.1, -0.05) is 23.2 Å². The summed E-state index contributed by atoms with van der Waals surface area (Å²) in [4.78, 5) is 17.1. The topological polar surface area (TPSA) is 62.7 Å². The highest BCUT2D eigenvalue weighted by atomic mass is 35.5. The maximum Gasteiger partial charge on any atom is 0.410 e. The lowest BCUT2D eigenvalue weighted by atomic mass is 9.87. The van der Waals surface area contributed by atoms with Gasteiger partial charge in [-0.05, 0) is 38.5 Å². The highest BCUT2D eigenvalue weighted by Crippen LogP contribution is 2.34. The second kappa shape index (κ2) is 5.06. The molecule has 2 rings (SSSR count). The summed E-state index contributed by atoms with van der Waals surface area (Å²) < 4.78 is 5.23. The molecular weight excluding hydrogens is 303 g/mol. The van der Waals surface area contributed by atoms with Crippen LogP contribution in [0.2, 0.25) is 10.3 Å². The molecule has 110 valence electrons. The van der Waals surface area contributed by atoms with Gasteiger partial charge in [-0.2, -0.15) is 0 Å². The number of carbonyl (C=O) groups is 1. The zero-order valence-corrected chi connectivity index (χ0v) is 13.0. The molecule has 0 aliphatic carbocycles. The van der Waals surface area contributed by atoms with Crippen LogP contribution in [0.25, 0.3) is 0 Å². The molecule has 1 aliphatic heterocycles. The van der Waals surface area contributed by atoms with Crippen LogP contribution in [0, 0.1) is 0 Å². The molecule has 1 saturated heterocycles. The first-order valence-electron chi connectivity index (χ1n) is 6.13. The minimum Gasteiger partial charge on any atom is -0.444 e. The van der Waals surface area contributed by atoms with Crippen LogP contribution in [0.5, 0.6) is 0 Å². The van der Waals surface area contributed by atoms with Crippen LogP contribution < -0.4 is 0 Å². The predicted molar refractivity (Wildman–Crippen MR) is 76.0 cm³/mol. The van der Waals surface area contributed by atoms with Gasteiger partial charge in [0.15, 0.2) is 0 Å². The Balaban J connectivity index is 2.05. The van der Waals surface area contributed by atoms with Crippen molar-refractivity contribution >= 4 is 29.3 Å². The first-order chi connectivity index (χ1) is 9.09. The first kappa shape index (κ1) is 15.4. The molecule has 1 fully saturated rings. The molecule has 1 aromatic rings. The number of hydrogen-bond acceptors (Lipinski definition) is 4. The van der Waals surface area contributed by atoms with Gasteiger partial charge in [-0.25, -0.2) is 9.78 Å². The van der Waals surface area contributed by atoms with E-state index in [0.717, 1.165) is 0 Å². The van der Waals surface area contributed by atoms with Crippen LogP contribution >= 0.6 is 23.2 Å².